The Kier molecular flexibility index (Phi) is 3.78. The zero-order valence-corrected chi connectivity index (χ0v) is 12.9. The first kappa shape index (κ1) is 14.6. The van der Waals surface area contributed by atoms with Crippen molar-refractivity contribution in [2.75, 3.05) is 6.54 Å². The van der Waals surface area contributed by atoms with Gasteiger partial charge in [0.1, 0.15) is 0 Å². The molecule has 0 bridgehead atoms. The van der Waals surface area contributed by atoms with E-state index in [9.17, 15) is 8.42 Å². The van der Waals surface area contributed by atoms with E-state index in [4.69, 9.17) is 17.3 Å². The highest BCUT2D eigenvalue weighted by atomic mass is 35.5. The van der Waals surface area contributed by atoms with Crippen LogP contribution in [0.3, 0.4) is 0 Å². The first-order valence-electron chi connectivity index (χ1n) is 6.80. The van der Waals surface area contributed by atoms with Crippen molar-refractivity contribution in [1.29, 1.82) is 0 Å². The molecule has 0 radical (unpaired) electrons. The van der Waals surface area contributed by atoms with Crippen LogP contribution in [-0.2, 0) is 9.84 Å². The molecule has 2 N–H and O–H groups in total. The van der Waals surface area contributed by atoms with E-state index in [2.05, 4.69) is 0 Å². The highest BCUT2D eigenvalue weighted by Gasteiger charge is 2.57. The molecule has 1 aliphatic carbocycles. The second-order valence-corrected chi connectivity index (χ2v) is 7.84. The normalized spacial score (nSPS) is 24.8. The van der Waals surface area contributed by atoms with Crippen molar-refractivity contribution in [2.45, 2.75) is 16.1 Å². The van der Waals surface area contributed by atoms with Gasteiger partial charge < -0.3 is 5.73 Å². The van der Waals surface area contributed by atoms with E-state index in [1.165, 1.54) is 0 Å². The van der Waals surface area contributed by atoms with Crippen LogP contribution in [0, 0.1) is 5.92 Å². The third kappa shape index (κ3) is 2.59. The summed E-state index contributed by atoms with van der Waals surface area (Å²) in [5.74, 6) is -0.0751. The van der Waals surface area contributed by atoms with Gasteiger partial charge in [0.05, 0.1) is 10.1 Å². The standard InChI is InChI=1S/C16H16ClNO2S/c17-12-8-6-11(7-9-12)15-14(10-18)16(15)21(19,20)13-4-2-1-3-5-13/h1-9,14-16H,10,18H2/t14-,15+,16-/m1/s1. The summed E-state index contributed by atoms with van der Waals surface area (Å²) in [5, 5.41) is 0.206. The molecule has 0 unspecified atom stereocenters. The summed E-state index contributed by atoms with van der Waals surface area (Å²) in [6, 6.07) is 15.9. The zero-order valence-electron chi connectivity index (χ0n) is 11.3. The predicted molar refractivity (Wildman–Crippen MR) is 84.2 cm³/mol. The largest absolute Gasteiger partial charge is 0.330 e. The topological polar surface area (TPSA) is 60.2 Å². The Morgan fingerprint density at radius 3 is 2.19 bits per heavy atom. The molecule has 2 aromatic rings. The van der Waals surface area contributed by atoms with Crippen LogP contribution in [0.25, 0.3) is 0 Å². The first-order chi connectivity index (χ1) is 10.1. The van der Waals surface area contributed by atoms with Gasteiger partial charge in [-0.1, -0.05) is 41.9 Å². The SMILES string of the molecule is NC[C@@H]1[C@H](c2ccc(Cl)cc2)[C@@H]1S(=O)(=O)c1ccccc1. The van der Waals surface area contributed by atoms with Gasteiger partial charge in [-0.15, -0.1) is 0 Å². The molecule has 3 nitrogen and oxygen atoms in total. The van der Waals surface area contributed by atoms with Crippen LogP contribution in [0.1, 0.15) is 11.5 Å². The van der Waals surface area contributed by atoms with Crippen LogP contribution in [-0.4, -0.2) is 20.2 Å². The molecule has 0 aliphatic heterocycles. The maximum atomic E-state index is 12.7. The molecule has 1 saturated carbocycles. The Balaban J connectivity index is 1.94. The van der Waals surface area contributed by atoms with Crippen LogP contribution in [0.2, 0.25) is 5.02 Å². The smallest absolute Gasteiger partial charge is 0.182 e. The molecule has 0 amide bonds. The van der Waals surface area contributed by atoms with E-state index >= 15 is 0 Å². The minimum Gasteiger partial charge on any atom is -0.330 e. The van der Waals surface area contributed by atoms with Crippen molar-refractivity contribution in [3.05, 3.63) is 65.2 Å². The van der Waals surface area contributed by atoms with Crippen LogP contribution in [0.15, 0.2) is 59.5 Å². The minimum absolute atomic E-state index is 0.0311. The number of nitrogens with two attached hydrogens (primary N) is 1. The lowest BCUT2D eigenvalue weighted by atomic mass is 10.1. The van der Waals surface area contributed by atoms with E-state index in [1.54, 1.807) is 36.4 Å². The molecular formula is C16H16ClNO2S. The highest BCUT2D eigenvalue weighted by molar-refractivity contribution is 7.92. The molecule has 3 atom stereocenters. The number of rotatable bonds is 4. The third-order valence-electron chi connectivity index (χ3n) is 4.05. The minimum atomic E-state index is -3.35. The molecule has 21 heavy (non-hydrogen) atoms. The Hall–Kier alpha value is -1.36. The number of hydrogen-bond donors (Lipinski definition) is 1. The van der Waals surface area contributed by atoms with E-state index < -0.39 is 15.1 Å². The van der Waals surface area contributed by atoms with Gasteiger partial charge in [-0.2, -0.15) is 0 Å². The fraction of sp³-hybridized carbons (Fsp3) is 0.250. The Labute approximate surface area is 129 Å². The van der Waals surface area contributed by atoms with Gasteiger partial charge in [0.2, 0.25) is 0 Å². The van der Waals surface area contributed by atoms with Crippen molar-refractivity contribution in [3.8, 4) is 0 Å². The van der Waals surface area contributed by atoms with Gasteiger partial charge in [0, 0.05) is 10.9 Å². The number of hydrogen-bond acceptors (Lipinski definition) is 3. The fourth-order valence-electron chi connectivity index (χ4n) is 2.94. The molecule has 0 saturated heterocycles. The van der Waals surface area contributed by atoms with Crippen LogP contribution < -0.4 is 5.73 Å². The van der Waals surface area contributed by atoms with Crippen LogP contribution in [0.5, 0.6) is 0 Å². The molecule has 1 aliphatic rings. The molecule has 0 heterocycles. The lowest BCUT2D eigenvalue weighted by Crippen LogP contribution is -2.13. The van der Waals surface area contributed by atoms with Crippen LogP contribution >= 0.6 is 11.6 Å². The lowest BCUT2D eigenvalue weighted by Gasteiger charge is -2.04. The van der Waals surface area contributed by atoms with Crippen molar-refractivity contribution >= 4 is 21.4 Å². The summed E-state index contributed by atoms with van der Waals surface area (Å²) in [4.78, 5) is 0.366. The Bertz CT molecular complexity index is 729. The van der Waals surface area contributed by atoms with E-state index in [0.29, 0.717) is 16.5 Å². The third-order valence-corrected chi connectivity index (χ3v) is 6.59. The van der Waals surface area contributed by atoms with Crippen molar-refractivity contribution in [1.82, 2.24) is 0 Å². The van der Waals surface area contributed by atoms with Gasteiger partial charge >= 0.3 is 0 Å². The van der Waals surface area contributed by atoms with Gasteiger partial charge in [-0.05, 0) is 42.3 Å². The van der Waals surface area contributed by atoms with E-state index in [0.717, 1.165) is 5.56 Å². The fourth-order valence-corrected chi connectivity index (χ4v) is 5.31. The summed E-state index contributed by atoms with van der Waals surface area (Å²) in [6.07, 6.45) is 0. The lowest BCUT2D eigenvalue weighted by molar-refractivity contribution is 0.591. The van der Waals surface area contributed by atoms with Crippen molar-refractivity contribution < 1.29 is 8.42 Å². The second kappa shape index (κ2) is 5.44. The summed E-state index contributed by atoms with van der Waals surface area (Å²) in [7, 11) is -3.35. The number of halogens is 1. The molecule has 110 valence electrons. The maximum Gasteiger partial charge on any atom is 0.182 e. The number of sulfone groups is 1. The van der Waals surface area contributed by atoms with Gasteiger partial charge in [0.25, 0.3) is 0 Å². The molecule has 0 aromatic heterocycles. The van der Waals surface area contributed by atoms with Crippen molar-refractivity contribution in [2.24, 2.45) is 11.7 Å². The predicted octanol–water partition coefficient (Wildman–Crippen LogP) is 2.85. The molecule has 5 heteroatoms. The average molecular weight is 322 g/mol. The van der Waals surface area contributed by atoms with Gasteiger partial charge in [0.15, 0.2) is 9.84 Å². The van der Waals surface area contributed by atoms with E-state index in [-0.39, 0.29) is 11.8 Å². The quantitative estimate of drug-likeness (QED) is 0.942. The van der Waals surface area contributed by atoms with Gasteiger partial charge in [-0.25, -0.2) is 8.42 Å². The summed E-state index contributed by atoms with van der Waals surface area (Å²) in [6.45, 7) is 0.365. The molecular weight excluding hydrogens is 306 g/mol. The molecule has 3 rings (SSSR count). The molecule has 1 fully saturated rings. The maximum absolute atomic E-state index is 12.7. The van der Waals surface area contributed by atoms with Crippen LogP contribution in [0.4, 0.5) is 0 Å². The monoisotopic (exact) mass is 321 g/mol. The zero-order chi connectivity index (χ0) is 15.0. The van der Waals surface area contributed by atoms with E-state index in [1.807, 2.05) is 18.2 Å². The number of benzene rings is 2. The first-order valence-corrected chi connectivity index (χ1v) is 8.72. The summed E-state index contributed by atoms with van der Waals surface area (Å²) < 4.78 is 25.5. The second-order valence-electron chi connectivity index (χ2n) is 5.30. The highest BCUT2D eigenvalue weighted by Crippen LogP contribution is 2.53. The van der Waals surface area contributed by atoms with Crippen molar-refractivity contribution in [3.63, 3.8) is 0 Å². The van der Waals surface area contributed by atoms with Gasteiger partial charge in [-0.3, -0.25) is 0 Å². The molecule has 0 spiro atoms. The summed E-state index contributed by atoms with van der Waals surface area (Å²) in [5.41, 5.74) is 6.75. The average Bonchev–Trinajstić information content (AvgIpc) is 3.24. The Morgan fingerprint density at radius 1 is 1.00 bits per heavy atom. The summed E-state index contributed by atoms with van der Waals surface area (Å²) >= 11 is 5.89. The molecule has 2 aromatic carbocycles. The Morgan fingerprint density at radius 2 is 1.62 bits per heavy atom.